The molecule has 8 heteroatoms. The van der Waals surface area contributed by atoms with Gasteiger partial charge in [-0.15, -0.1) is 0 Å². The van der Waals surface area contributed by atoms with E-state index in [1.807, 2.05) is 20.8 Å². The van der Waals surface area contributed by atoms with Gasteiger partial charge in [-0.1, -0.05) is 0 Å². The van der Waals surface area contributed by atoms with Gasteiger partial charge in [-0.3, -0.25) is 4.79 Å². The van der Waals surface area contributed by atoms with E-state index in [1.54, 1.807) is 24.3 Å². The molecular weight excluding hydrogens is 438 g/mol. The molecule has 0 aliphatic carbocycles. The number of amides is 1. The van der Waals surface area contributed by atoms with Crippen LogP contribution in [-0.4, -0.2) is 31.3 Å². The molecule has 0 saturated carbocycles. The lowest BCUT2D eigenvalue weighted by molar-refractivity contribution is -0.118. The molecule has 1 N–H and O–H groups in total. The van der Waals surface area contributed by atoms with Gasteiger partial charge in [0, 0.05) is 35.9 Å². The van der Waals surface area contributed by atoms with E-state index in [9.17, 15) is 9.59 Å². The molecule has 2 aliphatic rings. The van der Waals surface area contributed by atoms with Crippen LogP contribution in [0.25, 0.3) is 11.0 Å². The summed E-state index contributed by atoms with van der Waals surface area (Å²) in [5.41, 5.74) is 1.82. The zero-order valence-corrected chi connectivity index (χ0v) is 19.5. The number of nitrogens with one attached hydrogen (secondary N) is 1. The Hall–Kier alpha value is -3.68. The van der Waals surface area contributed by atoms with Crippen molar-refractivity contribution >= 4 is 22.6 Å². The SMILES string of the molecule is Cc1cc(=O)oc2c3c(cc(OCC(=O)Nc4ccc5c(c4)OCCCO5)c12)OC(C)(C)CC3. The van der Waals surface area contributed by atoms with Gasteiger partial charge in [-0.25, -0.2) is 4.79 Å². The lowest BCUT2D eigenvalue weighted by Gasteiger charge is -2.33. The average molecular weight is 466 g/mol. The van der Waals surface area contributed by atoms with Gasteiger partial charge in [0.2, 0.25) is 0 Å². The third kappa shape index (κ3) is 4.40. The summed E-state index contributed by atoms with van der Waals surface area (Å²) in [6.45, 7) is 6.77. The monoisotopic (exact) mass is 465 g/mol. The van der Waals surface area contributed by atoms with Crippen LogP contribution < -0.4 is 29.9 Å². The Kier molecular flexibility index (Phi) is 5.59. The van der Waals surface area contributed by atoms with Crippen LogP contribution in [0.1, 0.15) is 37.8 Å². The van der Waals surface area contributed by atoms with Crippen molar-refractivity contribution in [3.63, 3.8) is 0 Å². The number of carbonyl (C=O) groups is 1. The van der Waals surface area contributed by atoms with Crippen molar-refractivity contribution in [2.45, 2.75) is 45.6 Å². The van der Waals surface area contributed by atoms with Crippen molar-refractivity contribution in [2.75, 3.05) is 25.1 Å². The molecule has 0 atom stereocenters. The zero-order valence-electron chi connectivity index (χ0n) is 19.5. The molecule has 5 rings (SSSR count). The molecule has 1 amide bonds. The Morgan fingerprint density at radius 1 is 1.09 bits per heavy atom. The van der Waals surface area contributed by atoms with Gasteiger partial charge in [0.25, 0.3) is 5.91 Å². The summed E-state index contributed by atoms with van der Waals surface area (Å²) < 4.78 is 29.0. The average Bonchev–Trinajstić information content (AvgIpc) is 3.01. The highest BCUT2D eigenvalue weighted by Crippen LogP contribution is 2.42. The van der Waals surface area contributed by atoms with E-state index in [0.717, 1.165) is 30.4 Å². The predicted octanol–water partition coefficient (Wildman–Crippen LogP) is 4.38. The van der Waals surface area contributed by atoms with Gasteiger partial charge in [0.15, 0.2) is 18.1 Å². The van der Waals surface area contributed by atoms with Crippen LogP contribution in [0.5, 0.6) is 23.0 Å². The smallest absolute Gasteiger partial charge is 0.336 e. The topological polar surface area (TPSA) is 96.2 Å². The van der Waals surface area contributed by atoms with Gasteiger partial charge in [-0.2, -0.15) is 0 Å². The van der Waals surface area contributed by atoms with Gasteiger partial charge in [-0.05, 0) is 51.3 Å². The zero-order chi connectivity index (χ0) is 23.9. The molecule has 0 saturated heterocycles. The van der Waals surface area contributed by atoms with Crippen LogP contribution in [0.4, 0.5) is 5.69 Å². The first-order chi connectivity index (χ1) is 16.3. The second kappa shape index (κ2) is 8.59. The van der Waals surface area contributed by atoms with Crippen LogP contribution in [0.15, 0.2) is 39.5 Å². The van der Waals surface area contributed by atoms with E-state index in [2.05, 4.69) is 5.32 Å². The second-order valence-corrected chi connectivity index (χ2v) is 9.21. The van der Waals surface area contributed by atoms with Crippen LogP contribution in [0, 0.1) is 6.92 Å². The Morgan fingerprint density at radius 2 is 1.88 bits per heavy atom. The maximum absolute atomic E-state index is 12.7. The minimum Gasteiger partial charge on any atom is -0.490 e. The maximum atomic E-state index is 12.7. The molecule has 0 radical (unpaired) electrons. The Labute approximate surface area is 196 Å². The van der Waals surface area contributed by atoms with Gasteiger partial charge >= 0.3 is 5.63 Å². The minimum absolute atomic E-state index is 0.232. The fraction of sp³-hybridized carbons (Fsp3) is 0.385. The van der Waals surface area contributed by atoms with E-state index < -0.39 is 5.63 Å². The minimum atomic E-state index is -0.429. The Morgan fingerprint density at radius 3 is 2.71 bits per heavy atom. The summed E-state index contributed by atoms with van der Waals surface area (Å²) in [5, 5.41) is 3.50. The number of hydrogen-bond acceptors (Lipinski definition) is 7. The number of carbonyl (C=O) groups excluding carboxylic acids is 1. The third-order valence-corrected chi connectivity index (χ3v) is 5.99. The van der Waals surface area contributed by atoms with Crippen molar-refractivity contribution in [2.24, 2.45) is 0 Å². The summed E-state index contributed by atoms with van der Waals surface area (Å²) in [6, 6.07) is 8.48. The van der Waals surface area contributed by atoms with Gasteiger partial charge in [0.1, 0.15) is 22.7 Å². The lowest BCUT2D eigenvalue weighted by atomic mass is 9.92. The largest absolute Gasteiger partial charge is 0.490 e. The lowest BCUT2D eigenvalue weighted by Crippen LogP contribution is -2.32. The molecule has 8 nitrogen and oxygen atoms in total. The van der Waals surface area contributed by atoms with E-state index in [0.29, 0.717) is 52.9 Å². The molecule has 0 fully saturated rings. The standard InChI is InChI=1S/C26H27NO7/c1-15-11-23(29)33-25-17-7-8-26(2,3)34-19(17)13-21(24(15)25)32-14-22(28)27-16-5-6-18-20(12-16)31-10-4-9-30-18/h5-6,11-13H,4,7-10,14H2,1-3H3,(H,27,28). The Balaban J connectivity index is 1.39. The van der Waals surface area contributed by atoms with Crippen LogP contribution in [0.3, 0.4) is 0 Å². The number of benzene rings is 2. The number of rotatable bonds is 4. The fourth-order valence-electron chi connectivity index (χ4n) is 4.32. The normalized spacial score (nSPS) is 16.2. The summed E-state index contributed by atoms with van der Waals surface area (Å²) in [6.07, 6.45) is 2.32. The van der Waals surface area contributed by atoms with Crippen molar-refractivity contribution < 1.29 is 28.2 Å². The van der Waals surface area contributed by atoms with E-state index in [4.69, 9.17) is 23.4 Å². The number of hydrogen-bond donors (Lipinski definition) is 1. The molecule has 178 valence electrons. The van der Waals surface area contributed by atoms with Crippen LogP contribution >= 0.6 is 0 Å². The molecule has 0 bridgehead atoms. The molecule has 2 aromatic carbocycles. The molecule has 0 spiro atoms. The number of fused-ring (bicyclic) bond motifs is 4. The second-order valence-electron chi connectivity index (χ2n) is 9.21. The summed E-state index contributed by atoms with van der Waals surface area (Å²) in [7, 11) is 0. The maximum Gasteiger partial charge on any atom is 0.336 e. The summed E-state index contributed by atoms with van der Waals surface area (Å²) >= 11 is 0. The number of anilines is 1. The quantitative estimate of drug-likeness (QED) is 0.571. The molecule has 3 aromatic rings. The molecule has 2 aliphatic heterocycles. The molecule has 3 heterocycles. The van der Waals surface area contributed by atoms with Crippen molar-refractivity contribution in [1.82, 2.24) is 0 Å². The first-order valence-electron chi connectivity index (χ1n) is 11.4. The van der Waals surface area contributed by atoms with Crippen LogP contribution in [0.2, 0.25) is 0 Å². The summed E-state index contributed by atoms with van der Waals surface area (Å²) in [4.78, 5) is 24.8. The Bertz CT molecular complexity index is 1320. The van der Waals surface area contributed by atoms with E-state index >= 15 is 0 Å². The first-order valence-corrected chi connectivity index (χ1v) is 11.4. The van der Waals surface area contributed by atoms with Crippen LogP contribution in [-0.2, 0) is 11.2 Å². The molecular formula is C26H27NO7. The summed E-state index contributed by atoms with van der Waals surface area (Å²) in [5.74, 6) is 1.96. The highest BCUT2D eigenvalue weighted by atomic mass is 16.5. The molecule has 34 heavy (non-hydrogen) atoms. The van der Waals surface area contributed by atoms with E-state index in [-0.39, 0.29) is 18.1 Å². The number of ether oxygens (including phenoxy) is 4. The molecule has 1 aromatic heterocycles. The van der Waals surface area contributed by atoms with Gasteiger partial charge in [0.05, 0.1) is 18.6 Å². The molecule has 0 unspecified atom stereocenters. The van der Waals surface area contributed by atoms with Crippen molar-refractivity contribution in [1.29, 1.82) is 0 Å². The van der Waals surface area contributed by atoms with Crippen molar-refractivity contribution in [3.8, 4) is 23.0 Å². The fourth-order valence-corrected chi connectivity index (χ4v) is 4.32. The van der Waals surface area contributed by atoms with Crippen molar-refractivity contribution in [3.05, 3.63) is 51.9 Å². The highest BCUT2D eigenvalue weighted by Gasteiger charge is 2.30. The number of aryl methyl sites for hydroxylation is 2. The third-order valence-electron chi connectivity index (χ3n) is 5.99. The first kappa shape index (κ1) is 22.1. The van der Waals surface area contributed by atoms with Gasteiger partial charge < -0.3 is 28.7 Å². The predicted molar refractivity (Wildman–Crippen MR) is 126 cm³/mol. The highest BCUT2D eigenvalue weighted by molar-refractivity contribution is 5.94. The van der Waals surface area contributed by atoms with E-state index in [1.165, 1.54) is 6.07 Å².